The maximum Gasteiger partial charge on any atom is 0.306 e. The molecule has 0 bridgehead atoms. The zero-order chi connectivity index (χ0) is 16.7. The molecular weight excluding hydrogens is 302 g/mol. The number of benzene rings is 1. The molecule has 4 rings (SSSR count). The van der Waals surface area contributed by atoms with E-state index in [1.54, 1.807) is 0 Å². The molecule has 24 heavy (non-hydrogen) atoms. The highest BCUT2D eigenvalue weighted by molar-refractivity contribution is 5.81. The molecule has 2 heterocycles. The van der Waals surface area contributed by atoms with Gasteiger partial charge < -0.3 is 14.6 Å². The largest absolute Gasteiger partial charge is 0.481 e. The van der Waals surface area contributed by atoms with Crippen LogP contribution in [-0.4, -0.2) is 33.7 Å². The smallest absolute Gasteiger partial charge is 0.306 e. The number of anilines is 1. The van der Waals surface area contributed by atoms with Crippen LogP contribution < -0.4 is 4.90 Å². The molecule has 1 aromatic carbocycles. The topological polar surface area (TPSA) is 58.4 Å². The molecule has 5 heteroatoms. The second-order valence-electron chi connectivity index (χ2n) is 7.07. The molecule has 0 radical (unpaired) electrons. The predicted molar refractivity (Wildman–Crippen MR) is 94.6 cm³/mol. The van der Waals surface area contributed by atoms with Crippen LogP contribution in [0.3, 0.4) is 0 Å². The summed E-state index contributed by atoms with van der Waals surface area (Å²) in [5, 5.41) is 9.19. The lowest BCUT2D eigenvalue weighted by Crippen LogP contribution is -2.37. The second-order valence-corrected chi connectivity index (χ2v) is 7.07. The van der Waals surface area contributed by atoms with Gasteiger partial charge >= 0.3 is 5.97 Å². The van der Waals surface area contributed by atoms with Crippen molar-refractivity contribution >= 4 is 23.0 Å². The Labute approximate surface area is 142 Å². The monoisotopic (exact) mass is 327 g/mol. The van der Waals surface area contributed by atoms with Gasteiger partial charge in [0.1, 0.15) is 0 Å². The van der Waals surface area contributed by atoms with Crippen molar-refractivity contribution in [1.82, 2.24) is 9.55 Å². The normalized spacial score (nSPS) is 18.8. The molecule has 5 nitrogen and oxygen atoms in total. The number of imidazole rings is 1. The summed E-state index contributed by atoms with van der Waals surface area (Å²) in [6.45, 7) is 4.61. The molecule has 0 atom stereocenters. The van der Waals surface area contributed by atoms with Crippen LogP contribution in [0.2, 0.25) is 0 Å². The van der Waals surface area contributed by atoms with Crippen molar-refractivity contribution in [2.45, 2.75) is 52.0 Å². The molecular formula is C19H25N3O2. The van der Waals surface area contributed by atoms with Gasteiger partial charge in [-0.3, -0.25) is 4.79 Å². The number of carbonyl (C=O) groups is 1. The van der Waals surface area contributed by atoms with E-state index in [9.17, 15) is 9.90 Å². The summed E-state index contributed by atoms with van der Waals surface area (Å²) < 4.78 is 2.30. The summed E-state index contributed by atoms with van der Waals surface area (Å²) in [5.41, 5.74) is 5.27. The standard InChI is InChI=1S/C19H25N3O2/c1-2-22-17-12-15-6-4-3-5-14(15)11-16(17)20-19(22)21-9-7-13(8-10-21)18(23)24/h11-13H,2-10H2,1H3,(H,23,24). The van der Waals surface area contributed by atoms with Gasteiger partial charge in [-0.25, -0.2) is 4.98 Å². The minimum absolute atomic E-state index is 0.201. The summed E-state index contributed by atoms with van der Waals surface area (Å²) in [4.78, 5) is 18.4. The Morgan fingerprint density at radius 1 is 1.21 bits per heavy atom. The number of hydrogen-bond acceptors (Lipinski definition) is 3. The number of aryl methyl sites for hydroxylation is 3. The molecule has 2 aromatic rings. The van der Waals surface area contributed by atoms with Crippen molar-refractivity contribution in [2.75, 3.05) is 18.0 Å². The van der Waals surface area contributed by atoms with Crippen molar-refractivity contribution in [3.05, 3.63) is 23.3 Å². The highest BCUT2D eigenvalue weighted by Crippen LogP contribution is 2.31. The molecule has 0 saturated carbocycles. The molecule has 1 aliphatic heterocycles. The van der Waals surface area contributed by atoms with E-state index in [0.29, 0.717) is 12.8 Å². The third kappa shape index (κ3) is 2.56. The average molecular weight is 327 g/mol. The van der Waals surface area contributed by atoms with Crippen molar-refractivity contribution in [1.29, 1.82) is 0 Å². The van der Waals surface area contributed by atoms with Gasteiger partial charge in [-0.05, 0) is 68.7 Å². The third-order valence-electron chi connectivity index (χ3n) is 5.63. The maximum absolute atomic E-state index is 11.2. The van der Waals surface area contributed by atoms with Gasteiger partial charge in [0.2, 0.25) is 5.95 Å². The first-order valence-electron chi connectivity index (χ1n) is 9.17. The van der Waals surface area contributed by atoms with Crippen LogP contribution in [-0.2, 0) is 24.2 Å². The molecule has 1 N–H and O–H groups in total. The van der Waals surface area contributed by atoms with Crippen LogP contribution in [0.1, 0.15) is 43.7 Å². The van der Waals surface area contributed by atoms with Crippen molar-refractivity contribution in [3.8, 4) is 0 Å². The van der Waals surface area contributed by atoms with E-state index in [4.69, 9.17) is 4.98 Å². The van der Waals surface area contributed by atoms with Gasteiger partial charge in [0.15, 0.2) is 0 Å². The first kappa shape index (κ1) is 15.5. The number of rotatable bonds is 3. The molecule has 128 valence electrons. The van der Waals surface area contributed by atoms with Crippen molar-refractivity contribution < 1.29 is 9.90 Å². The fraction of sp³-hybridized carbons (Fsp3) is 0.579. The van der Waals surface area contributed by atoms with Gasteiger partial charge in [0.05, 0.1) is 17.0 Å². The second kappa shape index (κ2) is 6.11. The van der Waals surface area contributed by atoms with Gasteiger partial charge in [0, 0.05) is 19.6 Å². The molecule has 0 unspecified atom stereocenters. The van der Waals surface area contributed by atoms with Crippen LogP contribution in [0.5, 0.6) is 0 Å². The number of carboxylic acids is 1. The Hall–Kier alpha value is -2.04. The van der Waals surface area contributed by atoms with E-state index in [-0.39, 0.29) is 5.92 Å². The highest BCUT2D eigenvalue weighted by Gasteiger charge is 2.27. The minimum atomic E-state index is -0.661. The van der Waals surface area contributed by atoms with E-state index in [1.165, 1.54) is 42.3 Å². The summed E-state index contributed by atoms with van der Waals surface area (Å²) in [5.74, 6) is 0.151. The summed E-state index contributed by atoms with van der Waals surface area (Å²) >= 11 is 0. The Balaban J connectivity index is 1.69. The van der Waals surface area contributed by atoms with Crippen LogP contribution in [0.25, 0.3) is 11.0 Å². The summed E-state index contributed by atoms with van der Waals surface area (Å²) in [7, 11) is 0. The van der Waals surface area contributed by atoms with Gasteiger partial charge in [-0.1, -0.05) is 0 Å². The van der Waals surface area contributed by atoms with Gasteiger partial charge in [-0.15, -0.1) is 0 Å². The van der Waals surface area contributed by atoms with Crippen LogP contribution >= 0.6 is 0 Å². The molecule has 0 spiro atoms. The van der Waals surface area contributed by atoms with Crippen molar-refractivity contribution in [3.63, 3.8) is 0 Å². The first-order valence-corrected chi connectivity index (χ1v) is 9.17. The lowest BCUT2D eigenvalue weighted by Gasteiger charge is -2.31. The number of hydrogen-bond donors (Lipinski definition) is 1. The van der Waals surface area contributed by atoms with E-state index in [0.717, 1.165) is 31.1 Å². The van der Waals surface area contributed by atoms with Crippen LogP contribution in [0.15, 0.2) is 12.1 Å². The quantitative estimate of drug-likeness (QED) is 0.940. The predicted octanol–water partition coefficient (Wildman–Crippen LogP) is 3.24. The summed E-state index contributed by atoms with van der Waals surface area (Å²) in [6, 6.07) is 4.62. The van der Waals surface area contributed by atoms with E-state index < -0.39 is 5.97 Å². The SMILES string of the molecule is CCn1c(N2CCC(C(=O)O)CC2)nc2cc3c(cc21)CCCC3. The Kier molecular flexibility index (Phi) is 3.94. The Bertz CT molecular complexity index is 773. The van der Waals surface area contributed by atoms with Crippen LogP contribution in [0.4, 0.5) is 5.95 Å². The van der Waals surface area contributed by atoms with E-state index in [1.807, 2.05) is 0 Å². The lowest BCUT2D eigenvalue weighted by atomic mass is 9.91. The Morgan fingerprint density at radius 3 is 2.50 bits per heavy atom. The number of fused-ring (bicyclic) bond motifs is 2. The summed E-state index contributed by atoms with van der Waals surface area (Å²) in [6.07, 6.45) is 6.33. The number of piperidine rings is 1. The molecule has 1 aromatic heterocycles. The fourth-order valence-corrected chi connectivity index (χ4v) is 4.22. The molecule has 1 saturated heterocycles. The molecule has 1 aliphatic carbocycles. The van der Waals surface area contributed by atoms with Gasteiger partial charge in [0.25, 0.3) is 0 Å². The lowest BCUT2D eigenvalue weighted by molar-refractivity contribution is -0.142. The number of aromatic nitrogens is 2. The van der Waals surface area contributed by atoms with E-state index in [2.05, 4.69) is 28.5 Å². The molecule has 0 amide bonds. The zero-order valence-electron chi connectivity index (χ0n) is 14.3. The number of nitrogens with zero attached hydrogens (tertiary/aromatic N) is 3. The Morgan fingerprint density at radius 2 is 1.88 bits per heavy atom. The highest BCUT2D eigenvalue weighted by atomic mass is 16.4. The van der Waals surface area contributed by atoms with Crippen molar-refractivity contribution in [2.24, 2.45) is 5.92 Å². The van der Waals surface area contributed by atoms with Gasteiger partial charge in [-0.2, -0.15) is 0 Å². The minimum Gasteiger partial charge on any atom is -0.481 e. The maximum atomic E-state index is 11.2. The third-order valence-corrected chi connectivity index (χ3v) is 5.63. The molecule has 1 fully saturated rings. The number of aliphatic carboxylic acids is 1. The van der Waals surface area contributed by atoms with E-state index >= 15 is 0 Å². The number of carboxylic acid groups (broad SMARTS) is 1. The zero-order valence-corrected chi connectivity index (χ0v) is 14.3. The fourth-order valence-electron chi connectivity index (χ4n) is 4.22. The van der Waals surface area contributed by atoms with Crippen LogP contribution in [0, 0.1) is 5.92 Å². The average Bonchev–Trinajstić information content (AvgIpc) is 2.97. The first-order chi connectivity index (χ1) is 11.7. The molecule has 2 aliphatic rings.